The third-order valence-electron chi connectivity index (χ3n) is 3.18. The molecule has 9 heteroatoms. The number of imidazole rings is 1. The van der Waals surface area contributed by atoms with Crippen LogP contribution < -0.4 is 11.3 Å². The number of fused-ring (bicyclic) bond motifs is 1. The summed E-state index contributed by atoms with van der Waals surface area (Å²) < 4.78 is 27.3. The third-order valence-corrected chi connectivity index (χ3v) is 3.18. The van der Waals surface area contributed by atoms with Crippen molar-refractivity contribution in [2.24, 2.45) is 0 Å². The Bertz CT molecular complexity index is 876. The summed E-state index contributed by atoms with van der Waals surface area (Å²) >= 11 is 0. The Kier molecular flexibility index (Phi) is 4.41. The zero-order chi connectivity index (χ0) is 15.0. The second-order valence-electron chi connectivity index (χ2n) is 4.53. The fourth-order valence-electron chi connectivity index (χ4n) is 2.09. The maximum atomic E-state index is 13.1. The number of nitrogens with two attached hydrogens (primary N) is 1. The Morgan fingerprint density at radius 3 is 2.77 bits per heavy atom. The fourth-order valence-corrected chi connectivity index (χ4v) is 2.09. The van der Waals surface area contributed by atoms with Crippen molar-refractivity contribution < 1.29 is 8.78 Å². The van der Waals surface area contributed by atoms with E-state index in [9.17, 15) is 13.6 Å². The third kappa shape index (κ3) is 2.77. The first-order chi connectivity index (χ1) is 10.1. The molecule has 0 spiro atoms. The van der Waals surface area contributed by atoms with Gasteiger partial charge in [-0.3, -0.25) is 9.36 Å². The number of aryl methyl sites for hydroxylation is 1. The highest BCUT2D eigenvalue weighted by Gasteiger charge is 2.11. The molecule has 0 aliphatic heterocycles. The quantitative estimate of drug-likeness (QED) is 0.765. The minimum atomic E-state index is -0.921. The molecule has 3 N–H and O–H groups in total. The molecule has 0 amide bonds. The number of nitrogens with one attached hydrogen (secondary N) is 1. The zero-order valence-electron chi connectivity index (χ0n) is 11.2. The average Bonchev–Trinajstić information content (AvgIpc) is 2.90. The first kappa shape index (κ1) is 15.9. The largest absolute Gasteiger partial charge is 0.369 e. The van der Waals surface area contributed by atoms with Gasteiger partial charge in [0.1, 0.15) is 0 Å². The Morgan fingerprint density at radius 2 is 2.05 bits per heavy atom. The average molecular weight is 328 g/mol. The summed E-state index contributed by atoms with van der Waals surface area (Å²) in [5.74, 6) is -1.80. The molecule has 1 aromatic carbocycles. The summed E-state index contributed by atoms with van der Waals surface area (Å²) in [7, 11) is 0. The van der Waals surface area contributed by atoms with Crippen molar-refractivity contribution in [3.63, 3.8) is 0 Å². The summed E-state index contributed by atoms with van der Waals surface area (Å²) in [4.78, 5) is 22.8. The number of aromatic nitrogens is 4. The van der Waals surface area contributed by atoms with Gasteiger partial charge in [0.05, 0.1) is 6.33 Å². The van der Waals surface area contributed by atoms with Gasteiger partial charge in [-0.05, 0) is 24.1 Å². The highest BCUT2D eigenvalue weighted by atomic mass is 35.5. The predicted octanol–water partition coefficient (Wildman–Crippen LogP) is 1.64. The van der Waals surface area contributed by atoms with Crippen LogP contribution in [0.1, 0.15) is 5.56 Å². The van der Waals surface area contributed by atoms with Crippen molar-refractivity contribution in [3.8, 4) is 0 Å². The van der Waals surface area contributed by atoms with Gasteiger partial charge in [0.2, 0.25) is 5.95 Å². The molecule has 0 radical (unpaired) electrons. The number of halogens is 3. The number of rotatable bonds is 3. The van der Waals surface area contributed by atoms with Crippen LogP contribution in [-0.4, -0.2) is 19.5 Å². The van der Waals surface area contributed by atoms with Gasteiger partial charge in [-0.1, -0.05) is 6.07 Å². The van der Waals surface area contributed by atoms with Crippen molar-refractivity contribution in [2.45, 2.75) is 13.0 Å². The molecule has 22 heavy (non-hydrogen) atoms. The summed E-state index contributed by atoms with van der Waals surface area (Å²) in [5, 5.41) is 0. The van der Waals surface area contributed by atoms with E-state index in [0.717, 1.165) is 12.1 Å². The van der Waals surface area contributed by atoms with E-state index in [2.05, 4.69) is 15.0 Å². The summed E-state index contributed by atoms with van der Waals surface area (Å²) in [5.41, 5.74) is 6.45. The molecule has 0 aliphatic rings. The number of aromatic amines is 1. The van der Waals surface area contributed by atoms with Gasteiger partial charge >= 0.3 is 0 Å². The lowest BCUT2D eigenvalue weighted by Crippen LogP contribution is -2.25. The van der Waals surface area contributed by atoms with Crippen molar-refractivity contribution in [1.82, 2.24) is 19.5 Å². The second kappa shape index (κ2) is 6.10. The minimum absolute atomic E-state index is 0. The van der Waals surface area contributed by atoms with E-state index in [0.29, 0.717) is 12.0 Å². The van der Waals surface area contributed by atoms with Crippen LogP contribution in [0.4, 0.5) is 14.7 Å². The number of H-pyrrole nitrogens is 1. The van der Waals surface area contributed by atoms with E-state index in [4.69, 9.17) is 5.73 Å². The van der Waals surface area contributed by atoms with Crippen LogP contribution in [0.5, 0.6) is 0 Å². The molecule has 3 rings (SSSR count). The lowest BCUT2D eigenvalue weighted by atomic mass is 10.1. The highest BCUT2D eigenvalue weighted by molar-refractivity contribution is 5.85. The van der Waals surface area contributed by atoms with Gasteiger partial charge in [-0.25, -0.2) is 13.8 Å². The van der Waals surface area contributed by atoms with E-state index >= 15 is 0 Å². The second-order valence-corrected chi connectivity index (χ2v) is 4.53. The SMILES string of the molecule is Cl.Nc1nc2nc[nH]c2c(=O)n1CCc1ccc(F)c(F)c1. The summed E-state index contributed by atoms with van der Waals surface area (Å²) in [6, 6.07) is 3.60. The molecular formula is C13H12ClF2N5O. The van der Waals surface area contributed by atoms with Crippen LogP contribution in [-0.2, 0) is 13.0 Å². The van der Waals surface area contributed by atoms with Crippen LogP contribution >= 0.6 is 12.4 Å². The molecule has 0 saturated heterocycles. The van der Waals surface area contributed by atoms with Crippen molar-refractivity contribution >= 4 is 29.5 Å². The molecule has 0 aliphatic carbocycles. The lowest BCUT2D eigenvalue weighted by molar-refractivity contribution is 0.506. The molecule has 2 aromatic heterocycles. The number of benzene rings is 1. The first-order valence-electron chi connectivity index (χ1n) is 6.19. The van der Waals surface area contributed by atoms with Gasteiger partial charge < -0.3 is 10.7 Å². The summed E-state index contributed by atoms with van der Waals surface area (Å²) in [6.07, 6.45) is 1.68. The Balaban J connectivity index is 0.00000176. The van der Waals surface area contributed by atoms with Gasteiger partial charge in [-0.2, -0.15) is 4.98 Å². The molecule has 116 valence electrons. The standard InChI is InChI=1S/C13H11F2N5O.ClH/c14-8-2-1-7(5-9(8)15)3-4-20-12(21)10-11(18-6-17-10)19-13(20)16;/h1-2,5-6H,3-4H2,(H2,16,19)(H,17,18);1H. The van der Waals surface area contributed by atoms with Crippen molar-refractivity contribution in [1.29, 1.82) is 0 Å². The van der Waals surface area contributed by atoms with E-state index in [1.807, 2.05) is 0 Å². The van der Waals surface area contributed by atoms with Crippen LogP contribution in [0.15, 0.2) is 29.3 Å². The smallest absolute Gasteiger partial charge is 0.280 e. The highest BCUT2D eigenvalue weighted by Crippen LogP contribution is 2.11. The maximum absolute atomic E-state index is 13.1. The Hall–Kier alpha value is -2.48. The van der Waals surface area contributed by atoms with Crippen LogP contribution in [0.3, 0.4) is 0 Å². The van der Waals surface area contributed by atoms with Gasteiger partial charge in [-0.15, -0.1) is 12.4 Å². The van der Waals surface area contributed by atoms with Crippen LogP contribution in [0.2, 0.25) is 0 Å². The molecule has 0 fully saturated rings. The number of anilines is 1. The number of hydrogen-bond acceptors (Lipinski definition) is 4. The zero-order valence-corrected chi connectivity index (χ0v) is 12.0. The molecular weight excluding hydrogens is 316 g/mol. The van der Waals surface area contributed by atoms with Gasteiger partial charge in [0, 0.05) is 6.54 Å². The predicted molar refractivity (Wildman–Crippen MR) is 79.9 cm³/mol. The van der Waals surface area contributed by atoms with Crippen molar-refractivity contribution in [2.75, 3.05) is 5.73 Å². The number of nitrogens with zero attached hydrogens (tertiary/aromatic N) is 3. The summed E-state index contributed by atoms with van der Waals surface area (Å²) in [6.45, 7) is 0.206. The lowest BCUT2D eigenvalue weighted by Gasteiger charge is -2.08. The molecule has 0 unspecified atom stereocenters. The van der Waals surface area contributed by atoms with E-state index in [-0.39, 0.29) is 41.6 Å². The Labute approximate surface area is 129 Å². The molecule has 0 bridgehead atoms. The van der Waals surface area contributed by atoms with E-state index in [1.165, 1.54) is 17.0 Å². The fraction of sp³-hybridized carbons (Fsp3) is 0.154. The van der Waals surface area contributed by atoms with E-state index < -0.39 is 11.6 Å². The maximum Gasteiger partial charge on any atom is 0.280 e. The number of nitrogen functional groups attached to an aromatic ring is 1. The van der Waals surface area contributed by atoms with Gasteiger partial charge in [0.15, 0.2) is 22.8 Å². The van der Waals surface area contributed by atoms with Gasteiger partial charge in [0.25, 0.3) is 5.56 Å². The monoisotopic (exact) mass is 327 g/mol. The Morgan fingerprint density at radius 1 is 1.27 bits per heavy atom. The molecule has 2 heterocycles. The first-order valence-corrected chi connectivity index (χ1v) is 6.19. The molecule has 0 saturated carbocycles. The topological polar surface area (TPSA) is 89.6 Å². The number of hydrogen-bond donors (Lipinski definition) is 2. The molecule has 0 atom stereocenters. The van der Waals surface area contributed by atoms with Crippen LogP contribution in [0, 0.1) is 11.6 Å². The molecule has 6 nitrogen and oxygen atoms in total. The normalized spacial score (nSPS) is 10.6. The van der Waals surface area contributed by atoms with E-state index in [1.54, 1.807) is 0 Å². The minimum Gasteiger partial charge on any atom is -0.369 e. The molecule has 3 aromatic rings. The van der Waals surface area contributed by atoms with Crippen LogP contribution in [0.25, 0.3) is 11.2 Å². The van der Waals surface area contributed by atoms with Crippen molar-refractivity contribution in [3.05, 3.63) is 52.1 Å².